The van der Waals surface area contributed by atoms with Crippen LogP contribution in [0, 0.1) is 0 Å². The molecule has 0 heterocycles. The van der Waals surface area contributed by atoms with E-state index in [1.54, 1.807) is 30.3 Å². The molecule has 1 N–H and O–H groups in total. The van der Waals surface area contributed by atoms with Crippen molar-refractivity contribution < 1.29 is 9.90 Å². The Balaban J connectivity index is 2.53. The van der Waals surface area contributed by atoms with Crippen LogP contribution in [0.4, 0.5) is 0 Å². The third kappa shape index (κ3) is 2.23. The zero-order valence-electron chi connectivity index (χ0n) is 8.35. The summed E-state index contributed by atoms with van der Waals surface area (Å²) >= 11 is 5.84. The topological polar surface area (TPSA) is 37.3 Å². The molecule has 0 radical (unpaired) electrons. The molecule has 2 aromatic rings. The summed E-state index contributed by atoms with van der Waals surface area (Å²) < 4.78 is 0. The van der Waals surface area contributed by atoms with Gasteiger partial charge in [0.1, 0.15) is 12.0 Å². The van der Waals surface area contributed by atoms with Gasteiger partial charge in [-0.25, -0.2) is 0 Å². The van der Waals surface area contributed by atoms with Gasteiger partial charge in [0.2, 0.25) is 0 Å². The normalized spacial score (nSPS) is 10.1. The minimum atomic E-state index is 0.110. The first-order chi connectivity index (χ1) is 7.69. The van der Waals surface area contributed by atoms with Gasteiger partial charge in [0.05, 0.1) is 0 Å². The maximum atomic E-state index is 10.6. The van der Waals surface area contributed by atoms with Crippen LogP contribution in [0.25, 0.3) is 11.1 Å². The summed E-state index contributed by atoms with van der Waals surface area (Å²) in [5.74, 6) is 0.110. The largest absolute Gasteiger partial charge is 0.508 e. The van der Waals surface area contributed by atoms with Crippen LogP contribution in [0.5, 0.6) is 5.75 Å². The van der Waals surface area contributed by atoms with Crippen molar-refractivity contribution in [2.75, 3.05) is 0 Å². The minimum Gasteiger partial charge on any atom is -0.508 e. The van der Waals surface area contributed by atoms with E-state index in [0.29, 0.717) is 10.6 Å². The number of hydrogen-bond donors (Lipinski definition) is 1. The smallest absolute Gasteiger partial charge is 0.150 e. The number of phenols is 1. The highest BCUT2D eigenvalue weighted by Crippen LogP contribution is 2.28. The third-order valence-corrected chi connectivity index (χ3v) is 2.46. The third-order valence-electron chi connectivity index (χ3n) is 2.24. The van der Waals surface area contributed by atoms with Crippen LogP contribution in [0.15, 0.2) is 42.5 Å². The van der Waals surface area contributed by atoms with Gasteiger partial charge in [-0.1, -0.05) is 29.8 Å². The quantitative estimate of drug-likeness (QED) is 0.805. The van der Waals surface area contributed by atoms with E-state index in [9.17, 15) is 9.90 Å². The highest BCUT2D eigenvalue weighted by atomic mass is 35.5. The van der Waals surface area contributed by atoms with E-state index in [4.69, 9.17) is 11.6 Å². The molecule has 0 spiro atoms. The standard InChI is InChI=1S/C13H9ClO2/c14-12-5-11(6-13(16)7-12)10-3-1-2-9(4-10)8-15/h1-8,16H. The molecule has 0 unspecified atom stereocenters. The number of aldehydes is 1. The first-order valence-electron chi connectivity index (χ1n) is 4.74. The maximum absolute atomic E-state index is 10.6. The number of halogens is 1. The van der Waals surface area contributed by atoms with E-state index < -0.39 is 0 Å². The molecule has 0 aliphatic carbocycles. The number of carbonyl (C=O) groups is 1. The average molecular weight is 233 g/mol. The van der Waals surface area contributed by atoms with Gasteiger partial charge in [-0.2, -0.15) is 0 Å². The van der Waals surface area contributed by atoms with E-state index in [2.05, 4.69) is 0 Å². The summed E-state index contributed by atoms with van der Waals surface area (Å²) in [6.45, 7) is 0. The van der Waals surface area contributed by atoms with E-state index in [1.165, 1.54) is 6.07 Å². The van der Waals surface area contributed by atoms with Crippen molar-refractivity contribution in [1.82, 2.24) is 0 Å². The monoisotopic (exact) mass is 232 g/mol. The van der Waals surface area contributed by atoms with Crippen LogP contribution in [0.3, 0.4) is 0 Å². The molecule has 2 rings (SSSR count). The Kier molecular flexibility index (Phi) is 2.93. The van der Waals surface area contributed by atoms with Crippen molar-refractivity contribution in [2.24, 2.45) is 0 Å². The molecule has 3 heteroatoms. The summed E-state index contributed by atoms with van der Waals surface area (Å²) in [5, 5.41) is 9.89. The molecular formula is C13H9ClO2. The van der Waals surface area contributed by atoms with Crippen molar-refractivity contribution in [3.05, 3.63) is 53.1 Å². The van der Waals surface area contributed by atoms with Crippen molar-refractivity contribution >= 4 is 17.9 Å². The van der Waals surface area contributed by atoms with E-state index in [0.717, 1.165) is 17.4 Å². The molecule has 0 bridgehead atoms. The van der Waals surface area contributed by atoms with Gasteiger partial charge in [0, 0.05) is 10.6 Å². The van der Waals surface area contributed by atoms with Gasteiger partial charge < -0.3 is 5.11 Å². The Morgan fingerprint density at radius 3 is 2.56 bits per heavy atom. The Morgan fingerprint density at radius 1 is 1.06 bits per heavy atom. The molecule has 0 atom stereocenters. The lowest BCUT2D eigenvalue weighted by atomic mass is 10.0. The highest BCUT2D eigenvalue weighted by Gasteiger charge is 2.02. The summed E-state index contributed by atoms with van der Waals surface area (Å²) in [6.07, 6.45) is 0.786. The second-order valence-electron chi connectivity index (χ2n) is 3.44. The van der Waals surface area contributed by atoms with Crippen LogP contribution in [0.2, 0.25) is 5.02 Å². The predicted molar refractivity (Wildman–Crippen MR) is 63.9 cm³/mol. The molecule has 0 aliphatic heterocycles. The zero-order chi connectivity index (χ0) is 11.5. The van der Waals surface area contributed by atoms with E-state index in [1.807, 2.05) is 6.07 Å². The second kappa shape index (κ2) is 4.37. The number of carbonyl (C=O) groups excluding carboxylic acids is 1. The summed E-state index contributed by atoms with van der Waals surface area (Å²) in [7, 11) is 0. The van der Waals surface area contributed by atoms with Gasteiger partial charge in [-0.15, -0.1) is 0 Å². The molecule has 0 aliphatic rings. The SMILES string of the molecule is O=Cc1cccc(-c2cc(O)cc(Cl)c2)c1. The zero-order valence-corrected chi connectivity index (χ0v) is 9.11. The average Bonchev–Trinajstić information content (AvgIpc) is 2.28. The van der Waals surface area contributed by atoms with Crippen LogP contribution in [0.1, 0.15) is 10.4 Å². The van der Waals surface area contributed by atoms with E-state index in [-0.39, 0.29) is 5.75 Å². The molecule has 0 saturated heterocycles. The first-order valence-corrected chi connectivity index (χ1v) is 5.12. The molecule has 0 fully saturated rings. The lowest BCUT2D eigenvalue weighted by Gasteiger charge is -2.04. The Labute approximate surface area is 98.1 Å². The Hall–Kier alpha value is -1.80. The number of benzene rings is 2. The van der Waals surface area contributed by atoms with Crippen molar-refractivity contribution in [1.29, 1.82) is 0 Å². The Bertz CT molecular complexity index is 515. The lowest BCUT2D eigenvalue weighted by molar-refractivity contribution is 0.112. The van der Waals surface area contributed by atoms with Crippen LogP contribution in [-0.4, -0.2) is 11.4 Å². The van der Waals surface area contributed by atoms with E-state index >= 15 is 0 Å². The fourth-order valence-corrected chi connectivity index (χ4v) is 1.76. The molecule has 80 valence electrons. The van der Waals surface area contributed by atoms with Gasteiger partial charge in [-0.05, 0) is 35.4 Å². The maximum Gasteiger partial charge on any atom is 0.150 e. The molecule has 0 saturated carbocycles. The number of hydrogen-bond acceptors (Lipinski definition) is 2. The molecule has 16 heavy (non-hydrogen) atoms. The fraction of sp³-hybridized carbons (Fsp3) is 0. The summed E-state index contributed by atoms with van der Waals surface area (Å²) in [6, 6.07) is 11.9. The number of phenolic OH excluding ortho intramolecular Hbond substituents is 1. The second-order valence-corrected chi connectivity index (χ2v) is 3.88. The number of aromatic hydroxyl groups is 1. The van der Waals surface area contributed by atoms with Gasteiger partial charge in [0.25, 0.3) is 0 Å². The van der Waals surface area contributed by atoms with Crippen LogP contribution in [-0.2, 0) is 0 Å². The molecular weight excluding hydrogens is 224 g/mol. The van der Waals surface area contributed by atoms with Crippen LogP contribution < -0.4 is 0 Å². The van der Waals surface area contributed by atoms with Crippen molar-refractivity contribution in [3.63, 3.8) is 0 Å². The summed E-state index contributed by atoms with van der Waals surface area (Å²) in [4.78, 5) is 10.6. The lowest BCUT2D eigenvalue weighted by Crippen LogP contribution is -1.82. The fourth-order valence-electron chi connectivity index (χ4n) is 1.53. The van der Waals surface area contributed by atoms with Crippen LogP contribution >= 0.6 is 11.6 Å². The molecule has 2 nitrogen and oxygen atoms in total. The predicted octanol–water partition coefficient (Wildman–Crippen LogP) is 3.53. The molecule has 0 aromatic heterocycles. The highest BCUT2D eigenvalue weighted by molar-refractivity contribution is 6.31. The minimum absolute atomic E-state index is 0.110. The molecule has 0 amide bonds. The Morgan fingerprint density at radius 2 is 1.88 bits per heavy atom. The van der Waals surface area contributed by atoms with Gasteiger partial charge in [0.15, 0.2) is 0 Å². The first kappa shape index (κ1) is 10.7. The molecule has 2 aromatic carbocycles. The van der Waals surface area contributed by atoms with Crippen molar-refractivity contribution in [2.45, 2.75) is 0 Å². The van der Waals surface area contributed by atoms with Gasteiger partial charge in [-0.3, -0.25) is 4.79 Å². The number of rotatable bonds is 2. The van der Waals surface area contributed by atoms with Gasteiger partial charge >= 0.3 is 0 Å². The summed E-state index contributed by atoms with van der Waals surface area (Å²) in [5.41, 5.74) is 2.23. The van der Waals surface area contributed by atoms with Crippen molar-refractivity contribution in [3.8, 4) is 16.9 Å².